The van der Waals surface area contributed by atoms with E-state index < -0.39 is 5.97 Å². The van der Waals surface area contributed by atoms with Crippen molar-refractivity contribution < 1.29 is 9.90 Å². The first-order valence-electron chi connectivity index (χ1n) is 3.93. The third kappa shape index (κ3) is 10.4. The minimum Gasteiger partial charge on any atom is -0.481 e. The van der Waals surface area contributed by atoms with Gasteiger partial charge in [0.2, 0.25) is 0 Å². The zero-order valence-corrected chi connectivity index (χ0v) is 7.60. The van der Waals surface area contributed by atoms with Crippen molar-refractivity contribution in [1.29, 1.82) is 0 Å². The summed E-state index contributed by atoms with van der Waals surface area (Å²) in [6.07, 6.45) is 6.82. The Morgan fingerprint density at radius 2 is 2.23 bits per heavy atom. The molecule has 0 rings (SSSR count). The van der Waals surface area contributed by atoms with E-state index in [9.17, 15) is 4.79 Å². The van der Waals surface area contributed by atoms with Crippen LogP contribution in [0, 0.1) is 0 Å². The molecule has 0 aromatic carbocycles. The highest BCUT2D eigenvalue weighted by atomic mass is 16.4. The van der Waals surface area contributed by atoms with E-state index in [2.05, 4.69) is 4.99 Å². The molecule has 0 bridgehead atoms. The summed E-state index contributed by atoms with van der Waals surface area (Å²) in [6, 6.07) is 0. The van der Waals surface area contributed by atoms with Crippen LogP contribution in [0.4, 0.5) is 0 Å². The smallest absolute Gasteiger partial charge is 0.305 e. The molecule has 0 saturated carbocycles. The average Bonchev–Trinajstić information content (AvgIpc) is 2.01. The number of nitrogens with two attached hydrogens (primary N) is 1. The lowest BCUT2D eigenvalue weighted by Crippen LogP contribution is -1.96. The van der Waals surface area contributed by atoms with E-state index in [0.29, 0.717) is 6.54 Å². The molecule has 0 aliphatic heterocycles. The van der Waals surface area contributed by atoms with E-state index in [4.69, 9.17) is 10.8 Å². The van der Waals surface area contributed by atoms with E-state index in [1.807, 2.05) is 0 Å². The number of carboxylic acid groups (broad SMARTS) is 1. The van der Waals surface area contributed by atoms with Crippen LogP contribution >= 0.6 is 0 Å². The van der Waals surface area contributed by atoms with Gasteiger partial charge in [0.1, 0.15) is 0 Å². The number of allylic oxidation sites excluding steroid dienone is 4. The van der Waals surface area contributed by atoms with Crippen LogP contribution in [0.3, 0.4) is 0 Å². The predicted octanol–water partition coefficient (Wildman–Crippen LogP) is 0.951. The fraction of sp³-hybridized carbons (Fsp3) is 0.333. The van der Waals surface area contributed by atoms with Crippen LogP contribution in [0.15, 0.2) is 28.9 Å². The highest BCUT2D eigenvalue weighted by Crippen LogP contribution is 1.82. The Morgan fingerprint density at radius 1 is 1.54 bits per heavy atom. The molecule has 0 atom stereocenters. The topological polar surface area (TPSA) is 75.7 Å². The van der Waals surface area contributed by atoms with Crippen molar-refractivity contribution in [3.63, 3.8) is 0 Å². The number of nitrogens with zero attached hydrogens (tertiary/aromatic N) is 1. The molecule has 0 fully saturated rings. The number of carbonyl (C=O) groups is 1. The molecule has 72 valence electrons. The molecule has 4 nitrogen and oxygen atoms in total. The average molecular weight is 182 g/mol. The van der Waals surface area contributed by atoms with Gasteiger partial charge >= 0.3 is 5.97 Å². The van der Waals surface area contributed by atoms with Crippen LogP contribution < -0.4 is 5.73 Å². The molecule has 0 aliphatic carbocycles. The van der Waals surface area contributed by atoms with E-state index >= 15 is 0 Å². The summed E-state index contributed by atoms with van der Waals surface area (Å²) in [5.74, 6) is -0.834. The summed E-state index contributed by atoms with van der Waals surface area (Å²) in [5, 5.41) is 8.27. The molecule has 0 spiro atoms. The lowest BCUT2D eigenvalue weighted by Gasteiger charge is -1.85. The molecule has 0 aromatic rings. The second-order valence-corrected chi connectivity index (χ2v) is 2.49. The molecule has 0 saturated heterocycles. The van der Waals surface area contributed by atoms with Crippen molar-refractivity contribution in [3.05, 3.63) is 23.9 Å². The van der Waals surface area contributed by atoms with Crippen molar-refractivity contribution in [2.24, 2.45) is 10.7 Å². The number of hydrogen-bond acceptors (Lipinski definition) is 3. The summed E-state index contributed by atoms with van der Waals surface area (Å²) in [6.45, 7) is 2.09. The number of hydrogen-bond donors (Lipinski definition) is 2. The molecular formula is C9H14N2O2. The molecule has 3 N–H and O–H groups in total. The lowest BCUT2D eigenvalue weighted by atomic mass is 10.4. The molecule has 0 aliphatic rings. The normalized spacial score (nSPS) is 12.8. The molecular weight excluding hydrogens is 168 g/mol. The van der Waals surface area contributed by atoms with E-state index in [0.717, 1.165) is 5.70 Å². The Hall–Kier alpha value is -1.58. The van der Waals surface area contributed by atoms with Gasteiger partial charge < -0.3 is 10.8 Å². The fourth-order valence-corrected chi connectivity index (χ4v) is 0.553. The summed E-state index contributed by atoms with van der Waals surface area (Å²) >= 11 is 0. The Morgan fingerprint density at radius 3 is 2.77 bits per heavy atom. The Balaban J connectivity index is 3.58. The number of rotatable bonds is 5. The quantitative estimate of drug-likeness (QED) is 0.491. The van der Waals surface area contributed by atoms with E-state index in [1.54, 1.807) is 31.4 Å². The van der Waals surface area contributed by atoms with Gasteiger partial charge in [-0.3, -0.25) is 9.79 Å². The number of aliphatic carboxylic acids is 1. The fourth-order valence-electron chi connectivity index (χ4n) is 0.553. The van der Waals surface area contributed by atoms with Gasteiger partial charge in [-0.05, 0) is 19.1 Å². The Labute approximate surface area is 77.5 Å². The summed E-state index contributed by atoms with van der Waals surface area (Å²) < 4.78 is 0. The van der Waals surface area contributed by atoms with Gasteiger partial charge in [0.25, 0.3) is 0 Å². The largest absolute Gasteiger partial charge is 0.481 e. The van der Waals surface area contributed by atoms with Crippen molar-refractivity contribution in [2.45, 2.75) is 13.3 Å². The number of carboxylic acids is 1. The van der Waals surface area contributed by atoms with Crippen LogP contribution in [0.5, 0.6) is 0 Å². The minimum atomic E-state index is -0.834. The number of aliphatic imine (C=N–C) groups is 1. The monoisotopic (exact) mass is 182 g/mol. The molecule has 0 amide bonds. The molecule has 0 aromatic heterocycles. The van der Waals surface area contributed by atoms with Gasteiger partial charge in [0.15, 0.2) is 0 Å². The molecule has 0 radical (unpaired) electrons. The lowest BCUT2D eigenvalue weighted by molar-refractivity contribution is -0.136. The second kappa shape index (κ2) is 7.09. The van der Waals surface area contributed by atoms with Crippen LogP contribution in [-0.4, -0.2) is 23.8 Å². The first-order chi connectivity index (χ1) is 6.13. The summed E-state index contributed by atoms with van der Waals surface area (Å²) in [5.41, 5.74) is 6.08. The standard InChI is InChI=1S/C9H14N2O2/c1-8(10)4-2-3-6-11-7-5-9(12)13/h2-4,6H,5,7,10H2,1H3,(H,12,13)/b3-2-,8-4+,11-6+. The van der Waals surface area contributed by atoms with Crippen molar-refractivity contribution in [2.75, 3.05) is 6.54 Å². The van der Waals surface area contributed by atoms with Crippen LogP contribution in [0.25, 0.3) is 0 Å². The van der Waals surface area contributed by atoms with Crippen LogP contribution in [0.2, 0.25) is 0 Å². The third-order valence-electron chi connectivity index (χ3n) is 1.12. The highest BCUT2D eigenvalue weighted by Gasteiger charge is 1.90. The predicted molar refractivity (Wildman–Crippen MR) is 52.7 cm³/mol. The minimum absolute atomic E-state index is 0.0656. The Bertz CT molecular complexity index is 238. The zero-order valence-electron chi connectivity index (χ0n) is 7.60. The first-order valence-corrected chi connectivity index (χ1v) is 3.93. The van der Waals surface area contributed by atoms with Crippen molar-refractivity contribution in [1.82, 2.24) is 0 Å². The van der Waals surface area contributed by atoms with E-state index in [1.165, 1.54) is 0 Å². The molecule has 13 heavy (non-hydrogen) atoms. The second-order valence-electron chi connectivity index (χ2n) is 2.49. The van der Waals surface area contributed by atoms with Gasteiger partial charge in [-0.25, -0.2) is 0 Å². The first kappa shape index (κ1) is 11.4. The van der Waals surface area contributed by atoms with Gasteiger partial charge in [-0.15, -0.1) is 0 Å². The maximum Gasteiger partial charge on any atom is 0.305 e. The van der Waals surface area contributed by atoms with Crippen LogP contribution in [0.1, 0.15) is 13.3 Å². The summed E-state index contributed by atoms with van der Waals surface area (Å²) in [7, 11) is 0. The van der Waals surface area contributed by atoms with E-state index in [-0.39, 0.29) is 6.42 Å². The molecule has 0 heterocycles. The van der Waals surface area contributed by atoms with Gasteiger partial charge in [-0.1, -0.05) is 6.08 Å². The van der Waals surface area contributed by atoms with Gasteiger partial charge in [0.05, 0.1) is 6.42 Å². The molecule has 0 unspecified atom stereocenters. The van der Waals surface area contributed by atoms with Gasteiger partial charge in [-0.2, -0.15) is 0 Å². The van der Waals surface area contributed by atoms with Crippen LogP contribution in [-0.2, 0) is 4.79 Å². The van der Waals surface area contributed by atoms with Crippen molar-refractivity contribution in [3.8, 4) is 0 Å². The Kier molecular flexibility index (Phi) is 6.23. The zero-order chi connectivity index (χ0) is 10.1. The maximum atomic E-state index is 10.1. The van der Waals surface area contributed by atoms with Crippen molar-refractivity contribution >= 4 is 12.2 Å². The highest BCUT2D eigenvalue weighted by molar-refractivity contribution is 5.72. The third-order valence-corrected chi connectivity index (χ3v) is 1.12. The summed E-state index contributed by atoms with van der Waals surface area (Å²) in [4.78, 5) is 13.9. The van der Waals surface area contributed by atoms with Gasteiger partial charge in [0, 0.05) is 18.5 Å². The molecule has 4 heteroatoms. The SMILES string of the molecule is C\C(N)=C/C=C\C=N\CCC(=O)O. The maximum absolute atomic E-state index is 10.1.